The van der Waals surface area contributed by atoms with Crippen molar-refractivity contribution in [3.05, 3.63) is 5.82 Å². The van der Waals surface area contributed by atoms with Gasteiger partial charge in [0, 0.05) is 7.05 Å². The highest BCUT2D eigenvalue weighted by Crippen LogP contribution is 2.27. The molecular weight excluding hydrogens is 166 g/mol. The first kappa shape index (κ1) is 8.50. The van der Waals surface area contributed by atoms with Crippen molar-refractivity contribution in [3.63, 3.8) is 0 Å². The van der Waals surface area contributed by atoms with Gasteiger partial charge in [0.1, 0.15) is 0 Å². The van der Waals surface area contributed by atoms with Gasteiger partial charge in [-0.15, -0.1) is 0 Å². The van der Waals surface area contributed by atoms with E-state index in [1.807, 2.05) is 0 Å². The average molecular weight is 181 g/mol. The Morgan fingerprint density at radius 3 is 2.92 bits per heavy atom. The number of hydrogen-bond donors (Lipinski definition) is 2. The standard InChI is InChI=1S/C8H15N5/c1-13-8(9)11-7(12-13)5-10-4-6-2-3-6/h6,10H,2-5H2,1H3,(H2,9,11,12). The molecule has 13 heavy (non-hydrogen) atoms. The van der Waals surface area contributed by atoms with Crippen LogP contribution < -0.4 is 11.1 Å². The van der Waals surface area contributed by atoms with Crippen LogP contribution in [0.4, 0.5) is 5.95 Å². The molecule has 3 N–H and O–H groups in total. The number of nitrogen functional groups attached to an aromatic ring is 1. The normalized spacial score (nSPS) is 16.4. The highest BCUT2D eigenvalue weighted by atomic mass is 15.4. The minimum absolute atomic E-state index is 0.475. The van der Waals surface area contributed by atoms with Gasteiger partial charge in [-0.3, -0.25) is 0 Å². The molecule has 1 aliphatic carbocycles. The summed E-state index contributed by atoms with van der Waals surface area (Å²) >= 11 is 0. The Bertz CT molecular complexity index is 269. The number of nitrogens with two attached hydrogens (primary N) is 1. The second-order valence-corrected chi connectivity index (χ2v) is 3.58. The van der Waals surface area contributed by atoms with Gasteiger partial charge in [-0.2, -0.15) is 10.1 Å². The van der Waals surface area contributed by atoms with Crippen LogP contribution in [0.2, 0.25) is 0 Å². The second kappa shape index (κ2) is 3.33. The first-order valence-electron chi connectivity index (χ1n) is 4.62. The van der Waals surface area contributed by atoms with Crippen LogP contribution in [-0.2, 0) is 13.6 Å². The Kier molecular flexibility index (Phi) is 2.18. The Morgan fingerprint density at radius 1 is 1.62 bits per heavy atom. The summed E-state index contributed by atoms with van der Waals surface area (Å²) in [5.74, 6) is 2.14. The third-order valence-electron chi connectivity index (χ3n) is 2.25. The number of hydrogen-bond acceptors (Lipinski definition) is 4. The molecule has 0 amide bonds. The maximum Gasteiger partial charge on any atom is 0.218 e. The maximum absolute atomic E-state index is 5.55. The molecule has 2 rings (SSSR count). The predicted molar refractivity (Wildman–Crippen MR) is 49.8 cm³/mol. The van der Waals surface area contributed by atoms with E-state index in [0.717, 1.165) is 24.8 Å². The summed E-state index contributed by atoms with van der Waals surface area (Å²) in [6.07, 6.45) is 2.73. The highest BCUT2D eigenvalue weighted by Gasteiger charge is 2.20. The van der Waals surface area contributed by atoms with E-state index in [2.05, 4.69) is 15.4 Å². The molecule has 1 aromatic heterocycles. The van der Waals surface area contributed by atoms with Gasteiger partial charge in [-0.05, 0) is 25.3 Å². The fourth-order valence-electron chi connectivity index (χ4n) is 1.24. The Labute approximate surface area is 77.3 Å². The number of anilines is 1. The van der Waals surface area contributed by atoms with Gasteiger partial charge in [0.05, 0.1) is 6.54 Å². The lowest BCUT2D eigenvalue weighted by atomic mass is 10.4. The summed E-state index contributed by atoms with van der Waals surface area (Å²) in [7, 11) is 1.80. The molecule has 5 heteroatoms. The molecule has 0 unspecified atom stereocenters. The smallest absolute Gasteiger partial charge is 0.218 e. The van der Waals surface area contributed by atoms with Crippen molar-refractivity contribution in [1.82, 2.24) is 20.1 Å². The van der Waals surface area contributed by atoms with Crippen LogP contribution in [0.3, 0.4) is 0 Å². The van der Waals surface area contributed by atoms with Crippen molar-refractivity contribution in [1.29, 1.82) is 0 Å². The van der Waals surface area contributed by atoms with E-state index in [4.69, 9.17) is 5.73 Å². The largest absolute Gasteiger partial charge is 0.368 e. The quantitative estimate of drug-likeness (QED) is 0.680. The van der Waals surface area contributed by atoms with E-state index in [9.17, 15) is 0 Å². The molecule has 1 aliphatic rings. The number of rotatable bonds is 4. The zero-order valence-corrected chi connectivity index (χ0v) is 7.82. The van der Waals surface area contributed by atoms with Crippen molar-refractivity contribution in [2.24, 2.45) is 13.0 Å². The molecule has 0 bridgehead atoms. The van der Waals surface area contributed by atoms with Crippen LogP contribution in [0.1, 0.15) is 18.7 Å². The summed E-state index contributed by atoms with van der Waals surface area (Å²) < 4.78 is 1.59. The minimum Gasteiger partial charge on any atom is -0.368 e. The highest BCUT2D eigenvalue weighted by molar-refractivity contribution is 5.15. The van der Waals surface area contributed by atoms with Crippen molar-refractivity contribution in [2.75, 3.05) is 12.3 Å². The fraction of sp³-hybridized carbons (Fsp3) is 0.750. The van der Waals surface area contributed by atoms with Crippen LogP contribution in [-0.4, -0.2) is 21.3 Å². The van der Waals surface area contributed by atoms with Gasteiger partial charge >= 0.3 is 0 Å². The number of nitrogens with zero attached hydrogens (tertiary/aromatic N) is 3. The van der Waals surface area contributed by atoms with Crippen LogP contribution in [0.25, 0.3) is 0 Å². The third kappa shape index (κ3) is 2.18. The zero-order chi connectivity index (χ0) is 9.26. The summed E-state index contributed by atoms with van der Waals surface area (Å²) in [6, 6.07) is 0. The van der Waals surface area contributed by atoms with E-state index in [1.165, 1.54) is 12.8 Å². The molecule has 1 fully saturated rings. The van der Waals surface area contributed by atoms with Crippen molar-refractivity contribution in [2.45, 2.75) is 19.4 Å². The van der Waals surface area contributed by atoms with Crippen molar-refractivity contribution in [3.8, 4) is 0 Å². The van der Waals surface area contributed by atoms with Gasteiger partial charge in [-0.25, -0.2) is 4.68 Å². The van der Waals surface area contributed by atoms with Gasteiger partial charge in [0.25, 0.3) is 0 Å². The molecule has 0 radical (unpaired) electrons. The van der Waals surface area contributed by atoms with Crippen LogP contribution >= 0.6 is 0 Å². The topological polar surface area (TPSA) is 68.8 Å². The Morgan fingerprint density at radius 2 is 2.38 bits per heavy atom. The molecule has 1 saturated carbocycles. The van der Waals surface area contributed by atoms with E-state index in [1.54, 1.807) is 11.7 Å². The number of nitrogens with one attached hydrogen (secondary N) is 1. The molecule has 0 atom stereocenters. The fourth-order valence-corrected chi connectivity index (χ4v) is 1.24. The summed E-state index contributed by atoms with van der Waals surface area (Å²) in [6.45, 7) is 1.81. The Balaban J connectivity index is 1.79. The van der Waals surface area contributed by atoms with E-state index in [-0.39, 0.29) is 0 Å². The molecular formula is C8H15N5. The minimum atomic E-state index is 0.475. The molecule has 1 heterocycles. The lowest BCUT2D eigenvalue weighted by Gasteiger charge is -1.97. The van der Waals surface area contributed by atoms with Gasteiger partial charge in [0.15, 0.2) is 5.82 Å². The lowest BCUT2D eigenvalue weighted by Crippen LogP contribution is -2.17. The van der Waals surface area contributed by atoms with Gasteiger partial charge in [0.2, 0.25) is 5.95 Å². The first-order valence-corrected chi connectivity index (χ1v) is 4.62. The SMILES string of the molecule is Cn1nc(CNCC2CC2)nc1N. The summed E-state index contributed by atoms with van der Waals surface area (Å²) in [5, 5.41) is 7.46. The Hall–Kier alpha value is -1.10. The van der Waals surface area contributed by atoms with Gasteiger partial charge < -0.3 is 11.1 Å². The van der Waals surface area contributed by atoms with E-state index in [0.29, 0.717) is 5.95 Å². The molecule has 0 spiro atoms. The first-order chi connectivity index (χ1) is 6.25. The average Bonchev–Trinajstić information content (AvgIpc) is 2.82. The summed E-state index contributed by atoms with van der Waals surface area (Å²) in [5.41, 5.74) is 5.55. The van der Waals surface area contributed by atoms with E-state index < -0.39 is 0 Å². The van der Waals surface area contributed by atoms with Crippen molar-refractivity contribution < 1.29 is 0 Å². The maximum atomic E-state index is 5.55. The molecule has 0 aromatic carbocycles. The molecule has 0 aliphatic heterocycles. The van der Waals surface area contributed by atoms with Crippen molar-refractivity contribution >= 4 is 5.95 Å². The predicted octanol–water partition coefficient (Wildman–Crippen LogP) is -0.103. The van der Waals surface area contributed by atoms with Crippen LogP contribution in [0.5, 0.6) is 0 Å². The zero-order valence-electron chi connectivity index (χ0n) is 7.82. The summed E-state index contributed by atoms with van der Waals surface area (Å²) in [4.78, 5) is 4.09. The monoisotopic (exact) mass is 181 g/mol. The van der Waals surface area contributed by atoms with Crippen LogP contribution in [0.15, 0.2) is 0 Å². The molecule has 5 nitrogen and oxygen atoms in total. The number of aromatic nitrogens is 3. The second-order valence-electron chi connectivity index (χ2n) is 3.58. The van der Waals surface area contributed by atoms with Crippen LogP contribution in [0, 0.1) is 5.92 Å². The number of aryl methyl sites for hydroxylation is 1. The molecule has 72 valence electrons. The molecule has 1 aromatic rings. The van der Waals surface area contributed by atoms with E-state index >= 15 is 0 Å². The molecule has 0 saturated heterocycles. The van der Waals surface area contributed by atoms with Gasteiger partial charge in [-0.1, -0.05) is 0 Å². The lowest BCUT2D eigenvalue weighted by molar-refractivity contribution is 0.613. The third-order valence-corrected chi connectivity index (χ3v) is 2.25.